The highest BCUT2D eigenvalue weighted by molar-refractivity contribution is 5.56. The molecule has 3 rings (SSSR count). The van der Waals surface area contributed by atoms with Gasteiger partial charge in [0.15, 0.2) is 11.5 Å². The van der Waals surface area contributed by atoms with E-state index in [1.165, 1.54) is 4.68 Å². The van der Waals surface area contributed by atoms with Crippen LogP contribution in [-0.4, -0.2) is 25.0 Å². The molecule has 0 fully saturated rings. The molecule has 0 aromatic carbocycles. The summed E-state index contributed by atoms with van der Waals surface area (Å²) in [7, 11) is 0. The molecular formula is C12H9N5O. The van der Waals surface area contributed by atoms with Crippen molar-refractivity contribution >= 4 is 0 Å². The number of hydrogen-bond donors (Lipinski definition) is 1. The topological polar surface area (TPSA) is 76.5 Å². The maximum absolute atomic E-state index is 12.2. The fraction of sp³-hybridized carbons (Fsp3) is 0. The van der Waals surface area contributed by atoms with Gasteiger partial charge in [-0.3, -0.25) is 9.78 Å². The molecule has 0 aliphatic rings. The van der Waals surface area contributed by atoms with E-state index in [4.69, 9.17) is 0 Å². The van der Waals surface area contributed by atoms with Gasteiger partial charge in [-0.1, -0.05) is 6.07 Å². The van der Waals surface area contributed by atoms with Gasteiger partial charge in [0.05, 0.1) is 0 Å². The summed E-state index contributed by atoms with van der Waals surface area (Å²) in [5.41, 5.74) is 0.754. The molecule has 0 amide bonds. The minimum Gasteiger partial charge on any atom is -0.265 e. The van der Waals surface area contributed by atoms with E-state index >= 15 is 0 Å². The van der Waals surface area contributed by atoms with Crippen LogP contribution in [0.3, 0.4) is 0 Å². The minimum absolute atomic E-state index is 0.248. The van der Waals surface area contributed by atoms with Crippen molar-refractivity contribution in [3.05, 3.63) is 59.3 Å². The van der Waals surface area contributed by atoms with Gasteiger partial charge >= 0.3 is 5.56 Å². The first kappa shape index (κ1) is 10.4. The Morgan fingerprint density at radius 3 is 2.78 bits per heavy atom. The van der Waals surface area contributed by atoms with Gasteiger partial charge in [-0.25, -0.2) is 10.2 Å². The lowest BCUT2D eigenvalue weighted by molar-refractivity contribution is 0.764. The highest BCUT2D eigenvalue weighted by Crippen LogP contribution is 2.10. The van der Waals surface area contributed by atoms with Crippen molar-refractivity contribution < 1.29 is 0 Å². The van der Waals surface area contributed by atoms with Gasteiger partial charge in [-0.15, -0.1) is 0 Å². The molecule has 18 heavy (non-hydrogen) atoms. The maximum Gasteiger partial charge on any atom is 0.300 e. The summed E-state index contributed by atoms with van der Waals surface area (Å²) in [6, 6.07) is 8.86. The second-order valence-electron chi connectivity index (χ2n) is 3.63. The van der Waals surface area contributed by atoms with E-state index in [0.29, 0.717) is 17.1 Å². The molecule has 88 valence electrons. The molecule has 1 N–H and O–H groups in total. The van der Waals surface area contributed by atoms with Crippen LogP contribution >= 0.6 is 0 Å². The van der Waals surface area contributed by atoms with Gasteiger partial charge in [-0.05, 0) is 24.3 Å². The van der Waals surface area contributed by atoms with Crippen LogP contribution < -0.4 is 5.56 Å². The van der Waals surface area contributed by atoms with E-state index < -0.39 is 0 Å². The van der Waals surface area contributed by atoms with Gasteiger partial charge in [0.1, 0.15) is 0 Å². The Labute approximate surface area is 102 Å². The summed E-state index contributed by atoms with van der Waals surface area (Å²) in [4.78, 5) is 20.2. The van der Waals surface area contributed by atoms with Crippen molar-refractivity contribution in [3.8, 4) is 17.1 Å². The number of hydrogen-bond acceptors (Lipinski definition) is 4. The fourth-order valence-corrected chi connectivity index (χ4v) is 1.63. The maximum atomic E-state index is 12.2. The van der Waals surface area contributed by atoms with Crippen LogP contribution in [0, 0.1) is 0 Å². The highest BCUT2D eigenvalue weighted by atomic mass is 16.1. The van der Waals surface area contributed by atoms with E-state index in [1.807, 2.05) is 0 Å². The van der Waals surface area contributed by atoms with Crippen LogP contribution in [0.1, 0.15) is 0 Å². The zero-order valence-corrected chi connectivity index (χ0v) is 9.32. The Bertz CT molecular complexity index is 642. The summed E-state index contributed by atoms with van der Waals surface area (Å²) in [5.74, 6) is 0.505. The van der Waals surface area contributed by atoms with Crippen molar-refractivity contribution in [1.82, 2.24) is 25.0 Å². The van der Waals surface area contributed by atoms with Crippen molar-refractivity contribution in [2.75, 3.05) is 0 Å². The molecule has 6 heteroatoms. The predicted molar refractivity (Wildman–Crippen MR) is 65.2 cm³/mol. The first-order valence-corrected chi connectivity index (χ1v) is 5.35. The number of nitrogens with zero attached hydrogens (tertiary/aromatic N) is 4. The average Bonchev–Trinajstić information content (AvgIpc) is 2.83. The quantitative estimate of drug-likeness (QED) is 0.724. The predicted octanol–water partition coefficient (Wildman–Crippen LogP) is 1.02. The second-order valence-corrected chi connectivity index (χ2v) is 3.63. The molecule has 6 nitrogen and oxygen atoms in total. The van der Waals surface area contributed by atoms with E-state index in [1.54, 1.807) is 48.9 Å². The number of pyridine rings is 2. The van der Waals surface area contributed by atoms with E-state index in [9.17, 15) is 4.79 Å². The number of H-pyrrole nitrogens is 1. The molecule has 0 atom stereocenters. The molecule has 0 saturated carbocycles. The molecule has 0 bridgehead atoms. The Balaban J connectivity index is 2.12. The third-order valence-electron chi connectivity index (χ3n) is 2.48. The molecule has 3 heterocycles. The van der Waals surface area contributed by atoms with E-state index in [-0.39, 0.29) is 5.56 Å². The van der Waals surface area contributed by atoms with Crippen LogP contribution in [0.4, 0.5) is 0 Å². The number of aromatic amines is 1. The van der Waals surface area contributed by atoms with Crippen LogP contribution in [0.5, 0.6) is 0 Å². The van der Waals surface area contributed by atoms with Gasteiger partial charge < -0.3 is 0 Å². The Morgan fingerprint density at radius 2 is 2.06 bits per heavy atom. The van der Waals surface area contributed by atoms with Crippen LogP contribution in [-0.2, 0) is 0 Å². The lowest BCUT2D eigenvalue weighted by atomic mass is 10.2. The monoisotopic (exact) mass is 239 g/mol. The normalized spacial score (nSPS) is 10.4. The fourth-order valence-electron chi connectivity index (χ4n) is 1.63. The lowest BCUT2D eigenvalue weighted by Crippen LogP contribution is -2.16. The number of aromatic nitrogens is 5. The molecule has 3 aromatic rings. The Morgan fingerprint density at radius 1 is 1.11 bits per heavy atom. The summed E-state index contributed by atoms with van der Waals surface area (Å²) < 4.78 is 1.29. The van der Waals surface area contributed by atoms with Gasteiger partial charge in [-0.2, -0.15) is 9.78 Å². The Hall–Kier alpha value is -2.76. The standard InChI is InChI=1S/C12H9N5O/c18-12-11(9-4-3-6-13-8-9)15-16-17(12)10-5-1-2-7-14-10/h1-8,16H. The average molecular weight is 239 g/mol. The van der Waals surface area contributed by atoms with Gasteiger partial charge in [0.2, 0.25) is 0 Å². The first-order valence-electron chi connectivity index (χ1n) is 5.35. The molecular weight excluding hydrogens is 230 g/mol. The van der Waals surface area contributed by atoms with Crippen LogP contribution in [0.15, 0.2) is 53.7 Å². The van der Waals surface area contributed by atoms with Crippen molar-refractivity contribution in [3.63, 3.8) is 0 Å². The van der Waals surface area contributed by atoms with Crippen molar-refractivity contribution in [1.29, 1.82) is 0 Å². The third kappa shape index (κ3) is 1.69. The Kier molecular flexibility index (Phi) is 2.45. The molecule has 0 aliphatic heterocycles. The highest BCUT2D eigenvalue weighted by Gasteiger charge is 2.11. The summed E-state index contributed by atoms with van der Waals surface area (Å²) in [6.45, 7) is 0. The SMILES string of the molecule is O=c1c(-c2cccnc2)n[nH]n1-c1ccccn1. The molecule has 0 aliphatic carbocycles. The van der Waals surface area contributed by atoms with Crippen LogP contribution in [0.2, 0.25) is 0 Å². The van der Waals surface area contributed by atoms with E-state index in [2.05, 4.69) is 20.3 Å². The van der Waals surface area contributed by atoms with E-state index in [0.717, 1.165) is 0 Å². The third-order valence-corrected chi connectivity index (χ3v) is 2.48. The van der Waals surface area contributed by atoms with Gasteiger partial charge in [0, 0.05) is 24.2 Å². The largest absolute Gasteiger partial charge is 0.300 e. The minimum atomic E-state index is -0.248. The van der Waals surface area contributed by atoms with Crippen molar-refractivity contribution in [2.45, 2.75) is 0 Å². The molecule has 0 radical (unpaired) electrons. The molecule has 3 aromatic heterocycles. The molecule has 0 saturated heterocycles. The number of rotatable bonds is 2. The van der Waals surface area contributed by atoms with Crippen LogP contribution in [0.25, 0.3) is 17.1 Å². The summed E-state index contributed by atoms with van der Waals surface area (Å²) >= 11 is 0. The van der Waals surface area contributed by atoms with Gasteiger partial charge in [0.25, 0.3) is 0 Å². The lowest BCUT2D eigenvalue weighted by Gasteiger charge is -1.96. The summed E-state index contributed by atoms with van der Waals surface area (Å²) in [5, 5.41) is 6.66. The summed E-state index contributed by atoms with van der Waals surface area (Å²) in [6.07, 6.45) is 4.86. The number of nitrogens with one attached hydrogen (secondary N) is 1. The zero-order valence-electron chi connectivity index (χ0n) is 9.32. The molecule has 0 spiro atoms. The smallest absolute Gasteiger partial charge is 0.265 e. The van der Waals surface area contributed by atoms with Crippen molar-refractivity contribution in [2.24, 2.45) is 0 Å². The molecule has 0 unspecified atom stereocenters. The zero-order chi connectivity index (χ0) is 12.4. The second kappa shape index (κ2) is 4.25. The first-order chi connectivity index (χ1) is 8.86.